The molecule has 24 heavy (non-hydrogen) atoms. The smallest absolute Gasteiger partial charge is 0.253 e. The molecular formula is C17H19N3O3S. The Morgan fingerprint density at radius 3 is 2.83 bits per heavy atom. The van der Waals surface area contributed by atoms with Crippen molar-refractivity contribution in [1.82, 2.24) is 15.0 Å². The monoisotopic (exact) mass is 345 g/mol. The van der Waals surface area contributed by atoms with E-state index < -0.39 is 6.10 Å². The Hall–Kier alpha value is -2.38. The van der Waals surface area contributed by atoms with Crippen LogP contribution in [-0.4, -0.2) is 27.3 Å². The highest BCUT2D eigenvalue weighted by Crippen LogP contribution is 2.21. The summed E-state index contributed by atoms with van der Waals surface area (Å²) in [6.45, 7) is 5.77. The topological polar surface area (TPSA) is 80.3 Å². The van der Waals surface area contributed by atoms with Crippen molar-refractivity contribution in [3.63, 3.8) is 0 Å². The third-order valence-corrected chi connectivity index (χ3v) is 4.61. The van der Waals surface area contributed by atoms with Gasteiger partial charge in [0.25, 0.3) is 5.91 Å². The van der Waals surface area contributed by atoms with E-state index in [9.17, 15) is 9.90 Å². The summed E-state index contributed by atoms with van der Waals surface area (Å²) in [5.41, 5.74) is 3.04. The first-order chi connectivity index (χ1) is 11.5. The fourth-order valence-corrected chi connectivity index (χ4v) is 3.38. The second kappa shape index (κ2) is 6.62. The Morgan fingerprint density at radius 2 is 2.21 bits per heavy atom. The highest BCUT2D eigenvalue weighted by Gasteiger charge is 2.19. The number of aromatic nitrogens is 2. The number of hydrogen-bond donors (Lipinski definition) is 2. The molecule has 0 aromatic carbocycles. The maximum absolute atomic E-state index is 12.5. The van der Waals surface area contributed by atoms with Gasteiger partial charge in [0, 0.05) is 24.0 Å². The summed E-state index contributed by atoms with van der Waals surface area (Å²) in [6, 6.07) is 5.48. The van der Waals surface area contributed by atoms with Crippen molar-refractivity contribution in [2.75, 3.05) is 6.54 Å². The zero-order chi connectivity index (χ0) is 17.3. The van der Waals surface area contributed by atoms with Crippen molar-refractivity contribution in [1.29, 1.82) is 0 Å². The number of thiophene rings is 1. The number of carbonyl (C=O) groups excluding carboxylic acids is 1. The van der Waals surface area contributed by atoms with Crippen molar-refractivity contribution in [3.05, 3.63) is 57.2 Å². The van der Waals surface area contributed by atoms with Gasteiger partial charge >= 0.3 is 0 Å². The fraction of sp³-hybridized carbons (Fsp3) is 0.294. The van der Waals surface area contributed by atoms with Gasteiger partial charge in [-0.2, -0.15) is 11.3 Å². The maximum Gasteiger partial charge on any atom is 0.253 e. The molecule has 3 aromatic rings. The Labute approximate surface area is 143 Å². The minimum absolute atomic E-state index is 0.169. The van der Waals surface area contributed by atoms with Crippen LogP contribution in [0.1, 0.15) is 39.2 Å². The number of hydrogen-bond acceptors (Lipinski definition) is 5. The third kappa shape index (κ3) is 3.13. The molecule has 0 aliphatic carbocycles. The number of nitrogens with zero attached hydrogens (tertiary/aromatic N) is 2. The minimum atomic E-state index is -0.707. The molecule has 1 atom stereocenters. The molecule has 0 aliphatic rings. The molecule has 3 heterocycles. The number of aliphatic hydroxyl groups excluding tert-OH is 1. The van der Waals surface area contributed by atoms with Crippen LogP contribution in [0.25, 0.3) is 5.82 Å². The number of aliphatic hydroxyl groups is 1. The van der Waals surface area contributed by atoms with E-state index >= 15 is 0 Å². The first kappa shape index (κ1) is 16.5. The molecule has 0 bridgehead atoms. The number of carbonyl (C=O) groups is 1. The summed E-state index contributed by atoms with van der Waals surface area (Å²) in [5.74, 6) is 1.14. The van der Waals surface area contributed by atoms with Gasteiger partial charge in [0.15, 0.2) is 5.82 Å². The van der Waals surface area contributed by atoms with Crippen LogP contribution in [0.15, 0.2) is 33.5 Å². The average Bonchev–Trinajstić information content (AvgIpc) is 3.26. The van der Waals surface area contributed by atoms with Gasteiger partial charge in [-0.1, -0.05) is 5.16 Å². The number of amides is 1. The Balaban J connectivity index is 1.76. The van der Waals surface area contributed by atoms with Crippen LogP contribution in [0, 0.1) is 20.8 Å². The molecule has 126 valence electrons. The van der Waals surface area contributed by atoms with Crippen LogP contribution < -0.4 is 5.32 Å². The van der Waals surface area contributed by atoms with Gasteiger partial charge in [-0.3, -0.25) is 9.36 Å². The first-order valence-electron chi connectivity index (χ1n) is 7.58. The maximum atomic E-state index is 12.5. The molecule has 0 radical (unpaired) electrons. The van der Waals surface area contributed by atoms with E-state index in [1.807, 2.05) is 54.3 Å². The molecule has 7 heteroatoms. The first-order valence-corrected chi connectivity index (χ1v) is 8.52. The molecule has 2 N–H and O–H groups in total. The highest BCUT2D eigenvalue weighted by atomic mass is 32.1. The second-order valence-electron chi connectivity index (χ2n) is 5.70. The molecule has 0 fully saturated rings. The van der Waals surface area contributed by atoms with Crippen LogP contribution in [0.4, 0.5) is 0 Å². The lowest BCUT2D eigenvalue weighted by Crippen LogP contribution is -2.28. The number of aryl methyl sites for hydroxylation is 2. The molecule has 0 saturated heterocycles. The lowest BCUT2D eigenvalue weighted by Gasteiger charge is -2.11. The minimum Gasteiger partial charge on any atom is -0.387 e. The van der Waals surface area contributed by atoms with E-state index in [2.05, 4.69) is 10.5 Å². The van der Waals surface area contributed by atoms with E-state index in [1.54, 1.807) is 0 Å². The quantitative estimate of drug-likeness (QED) is 0.745. The van der Waals surface area contributed by atoms with Crippen molar-refractivity contribution in [3.8, 4) is 5.82 Å². The fourth-order valence-electron chi connectivity index (χ4n) is 2.67. The zero-order valence-electron chi connectivity index (χ0n) is 13.7. The predicted octanol–water partition coefficient (Wildman–Crippen LogP) is 2.92. The molecule has 6 nitrogen and oxygen atoms in total. The Morgan fingerprint density at radius 1 is 1.42 bits per heavy atom. The standard InChI is InChI=1S/C17H19N3O3S/c1-10-6-14(12(3)20(10)16-7-11(2)23-19-16)17(22)18-8-15(21)13-4-5-24-9-13/h4-7,9,15,21H,8H2,1-3H3,(H,18,22). The van der Waals surface area contributed by atoms with Gasteiger partial charge in [-0.15, -0.1) is 0 Å². The molecule has 0 saturated carbocycles. The predicted molar refractivity (Wildman–Crippen MR) is 91.7 cm³/mol. The molecule has 3 aromatic heterocycles. The third-order valence-electron chi connectivity index (χ3n) is 3.90. The van der Waals surface area contributed by atoms with Gasteiger partial charge < -0.3 is 14.9 Å². The van der Waals surface area contributed by atoms with Crippen LogP contribution in [-0.2, 0) is 0 Å². The lowest BCUT2D eigenvalue weighted by molar-refractivity contribution is 0.0916. The van der Waals surface area contributed by atoms with Gasteiger partial charge in [0.2, 0.25) is 0 Å². The van der Waals surface area contributed by atoms with E-state index in [0.29, 0.717) is 17.1 Å². The summed E-state index contributed by atoms with van der Waals surface area (Å²) in [5, 5.41) is 20.6. The van der Waals surface area contributed by atoms with Crippen LogP contribution >= 0.6 is 11.3 Å². The van der Waals surface area contributed by atoms with Crippen LogP contribution in [0.5, 0.6) is 0 Å². The number of nitrogens with one attached hydrogen (secondary N) is 1. The number of rotatable bonds is 5. The van der Waals surface area contributed by atoms with E-state index in [4.69, 9.17) is 4.52 Å². The molecule has 3 rings (SSSR count). The van der Waals surface area contributed by atoms with Crippen molar-refractivity contribution in [2.24, 2.45) is 0 Å². The van der Waals surface area contributed by atoms with Crippen molar-refractivity contribution < 1.29 is 14.4 Å². The molecule has 0 aliphatic heterocycles. The van der Waals surface area contributed by atoms with E-state index in [0.717, 1.165) is 17.0 Å². The van der Waals surface area contributed by atoms with Gasteiger partial charge in [0.1, 0.15) is 5.76 Å². The van der Waals surface area contributed by atoms with Crippen LogP contribution in [0.2, 0.25) is 0 Å². The van der Waals surface area contributed by atoms with Crippen LogP contribution in [0.3, 0.4) is 0 Å². The molecule has 1 unspecified atom stereocenters. The molecule has 0 spiro atoms. The SMILES string of the molecule is Cc1cc(-n2c(C)cc(C(=O)NCC(O)c3ccsc3)c2C)no1. The Bertz CT molecular complexity index is 849. The molecule has 1 amide bonds. The summed E-state index contributed by atoms with van der Waals surface area (Å²) in [6.07, 6.45) is -0.707. The van der Waals surface area contributed by atoms with E-state index in [1.165, 1.54) is 11.3 Å². The lowest BCUT2D eigenvalue weighted by atomic mass is 10.2. The van der Waals surface area contributed by atoms with Crippen molar-refractivity contribution in [2.45, 2.75) is 26.9 Å². The summed E-state index contributed by atoms with van der Waals surface area (Å²) in [7, 11) is 0. The van der Waals surface area contributed by atoms with Gasteiger partial charge in [-0.25, -0.2) is 0 Å². The normalized spacial score (nSPS) is 12.3. The zero-order valence-corrected chi connectivity index (χ0v) is 14.6. The summed E-state index contributed by atoms with van der Waals surface area (Å²) >= 11 is 1.51. The van der Waals surface area contributed by atoms with Gasteiger partial charge in [0.05, 0.1) is 11.7 Å². The Kier molecular flexibility index (Phi) is 4.55. The second-order valence-corrected chi connectivity index (χ2v) is 6.48. The average molecular weight is 345 g/mol. The highest BCUT2D eigenvalue weighted by molar-refractivity contribution is 7.07. The molecular weight excluding hydrogens is 326 g/mol. The van der Waals surface area contributed by atoms with E-state index in [-0.39, 0.29) is 12.5 Å². The summed E-state index contributed by atoms with van der Waals surface area (Å²) < 4.78 is 6.99. The summed E-state index contributed by atoms with van der Waals surface area (Å²) in [4.78, 5) is 12.5. The largest absolute Gasteiger partial charge is 0.387 e. The van der Waals surface area contributed by atoms with Crippen molar-refractivity contribution >= 4 is 17.2 Å². The van der Waals surface area contributed by atoms with Gasteiger partial charge in [-0.05, 0) is 49.2 Å².